The van der Waals surface area contributed by atoms with E-state index in [0.29, 0.717) is 19.6 Å². The van der Waals surface area contributed by atoms with Gasteiger partial charge < -0.3 is 14.7 Å². The molecule has 3 rings (SSSR count). The van der Waals surface area contributed by atoms with Crippen LogP contribution in [-0.4, -0.2) is 61.9 Å². The van der Waals surface area contributed by atoms with Crippen molar-refractivity contribution in [1.29, 1.82) is 0 Å². The van der Waals surface area contributed by atoms with Crippen molar-refractivity contribution in [1.82, 2.24) is 9.80 Å². The monoisotopic (exact) mass is 343 g/mol. The van der Waals surface area contributed by atoms with Gasteiger partial charge in [-0.2, -0.15) is 0 Å². The highest BCUT2D eigenvalue weighted by Crippen LogP contribution is 2.33. The molecule has 6 heteroatoms. The van der Waals surface area contributed by atoms with Crippen LogP contribution in [-0.2, 0) is 9.59 Å². The Morgan fingerprint density at radius 3 is 2.83 bits per heavy atom. The molecule has 24 heavy (non-hydrogen) atoms. The van der Waals surface area contributed by atoms with Crippen LogP contribution in [0.15, 0.2) is 41.8 Å². The van der Waals surface area contributed by atoms with E-state index >= 15 is 0 Å². The van der Waals surface area contributed by atoms with Gasteiger partial charge in [0.1, 0.15) is 6.54 Å². The number of piperazine rings is 1. The van der Waals surface area contributed by atoms with Crippen LogP contribution in [0.3, 0.4) is 0 Å². The Kier molecular flexibility index (Phi) is 4.97. The highest BCUT2D eigenvalue weighted by atomic mass is 32.1. The van der Waals surface area contributed by atoms with Gasteiger partial charge in [0.2, 0.25) is 11.8 Å². The van der Waals surface area contributed by atoms with Crippen molar-refractivity contribution in [2.24, 2.45) is 0 Å². The second-order valence-corrected chi connectivity index (χ2v) is 7.00. The molecule has 0 spiro atoms. The first-order chi connectivity index (χ1) is 11.6. The Labute approximate surface area is 145 Å². The normalized spacial score (nSPS) is 15.9. The van der Waals surface area contributed by atoms with E-state index in [1.54, 1.807) is 27.2 Å². The molecule has 2 amide bonds. The molecule has 2 heterocycles. The molecule has 2 aromatic rings. The van der Waals surface area contributed by atoms with Gasteiger partial charge in [-0.15, -0.1) is 11.3 Å². The minimum Gasteiger partial charge on any atom is -0.328 e. The molecule has 0 unspecified atom stereocenters. The first kappa shape index (κ1) is 16.7. The van der Waals surface area contributed by atoms with Gasteiger partial charge in [-0.1, -0.05) is 24.3 Å². The Hall–Kier alpha value is -2.18. The van der Waals surface area contributed by atoms with Crippen LogP contribution in [0.5, 0.6) is 0 Å². The van der Waals surface area contributed by atoms with E-state index in [-0.39, 0.29) is 18.4 Å². The average Bonchev–Trinajstić information content (AvgIpc) is 2.98. The summed E-state index contributed by atoms with van der Waals surface area (Å²) < 4.78 is 1.17. The molecule has 0 N–H and O–H groups in total. The highest BCUT2D eigenvalue weighted by molar-refractivity contribution is 7.17. The quantitative estimate of drug-likeness (QED) is 0.800. The Morgan fingerprint density at radius 2 is 2.08 bits per heavy atom. The number of hydrogen-bond acceptors (Lipinski definition) is 4. The number of anilines is 1. The average molecular weight is 343 g/mol. The van der Waals surface area contributed by atoms with Gasteiger partial charge in [0.15, 0.2) is 0 Å². The number of carbonyl (C=O) groups excluding carboxylic acids is 2. The number of nitrogens with zero attached hydrogens (tertiary/aromatic N) is 3. The van der Waals surface area contributed by atoms with Crippen molar-refractivity contribution in [3.8, 4) is 0 Å². The fourth-order valence-electron chi connectivity index (χ4n) is 2.76. The summed E-state index contributed by atoms with van der Waals surface area (Å²) in [4.78, 5) is 30.1. The van der Waals surface area contributed by atoms with Crippen LogP contribution in [0.2, 0.25) is 0 Å². The van der Waals surface area contributed by atoms with Crippen LogP contribution < -0.4 is 4.90 Å². The molecule has 0 radical (unpaired) electrons. The number of rotatable bonds is 4. The van der Waals surface area contributed by atoms with Gasteiger partial charge in [-0.3, -0.25) is 9.59 Å². The first-order valence-corrected chi connectivity index (χ1v) is 8.81. The maximum atomic E-state index is 12.5. The predicted octanol–water partition coefficient (Wildman–Crippen LogP) is 2.19. The summed E-state index contributed by atoms with van der Waals surface area (Å²) in [5.74, 6) is -0.126. The summed E-state index contributed by atoms with van der Waals surface area (Å²) >= 11 is 1.64. The standard InChI is InChI=1S/C18H21N3O2S/c1-19(2)9-5-8-17(22)20-10-11-21(18(23)12-20)15-13-24-16-7-4-3-6-14(15)16/h3-8,13H,9-12H2,1-2H3/b8-5+. The van der Waals surface area contributed by atoms with Crippen molar-refractivity contribution in [3.63, 3.8) is 0 Å². The summed E-state index contributed by atoms with van der Waals surface area (Å²) in [6, 6.07) is 8.08. The zero-order valence-corrected chi connectivity index (χ0v) is 14.8. The maximum Gasteiger partial charge on any atom is 0.246 e. The molecule has 0 atom stereocenters. The van der Waals surface area contributed by atoms with Gasteiger partial charge in [-0.05, 0) is 20.2 Å². The minimum atomic E-state index is -0.0972. The molecule has 0 saturated carbocycles. The largest absolute Gasteiger partial charge is 0.328 e. The highest BCUT2D eigenvalue weighted by Gasteiger charge is 2.28. The molecule has 1 saturated heterocycles. The van der Waals surface area contributed by atoms with Gasteiger partial charge in [0.05, 0.1) is 5.69 Å². The molecule has 0 aliphatic carbocycles. The zero-order valence-electron chi connectivity index (χ0n) is 13.9. The molecular formula is C18H21N3O2S. The molecule has 1 fully saturated rings. The lowest BCUT2D eigenvalue weighted by Gasteiger charge is -2.33. The Bertz CT molecular complexity index is 781. The number of likely N-dealkylation sites (N-methyl/N-ethyl adjacent to an activating group) is 1. The zero-order chi connectivity index (χ0) is 17.1. The molecule has 1 aromatic heterocycles. The van der Waals surface area contributed by atoms with Crippen LogP contribution in [0, 0.1) is 0 Å². The molecule has 1 aliphatic rings. The summed E-state index contributed by atoms with van der Waals surface area (Å²) in [5, 5.41) is 3.12. The number of thiophene rings is 1. The van der Waals surface area contributed by atoms with E-state index in [4.69, 9.17) is 0 Å². The fraction of sp³-hybridized carbons (Fsp3) is 0.333. The first-order valence-electron chi connectivity index (χ1n) is 7.93. The smallest absolute Gasteiger partial charge is 0.246 e. The lowest BCUT2D eigenvalue weighted by molar-refractivity contribution is -0.133. The summed E-state index contributed by atoms with van der Waals surface area (Å²) in [7, 11) is 3.89. The molecule has 126 valence electrons. The van der Waals surface area contributed by atoms with E-state index in [0.717, 1.165) is 11.1 Å². The molecule has 0 bridgehead atoms. The topological polar surface area (TPSA) is 43.9 Å². The number of carbonyl (C=O) groups is 2. The lowest BCUT2D eigenvalue weighted by Crippen LogP contribution is -2.52. The van der Waals surface area contributed by atoms with Crippen LogP contribution >= 0.6 is 11.3 Å². The Morgan fingerprint density at radius 1 is 1.29 bits per heavy atom. The van der Waals surface area contributed by atoms with Crippen molar-refractivity contribution < 1.29 is 9.59 Å². The van der Waals surface area contributed by atoms with Gasteiger partial charge in [0.25, 0.3) is 0 Å². The molecular weight excluding hydrogens is 322 g/mol. The number of hydrogen-bond donors (Lipinski definition) is 0. The van der Waals surface area contributed by atoms with Crippen LogP contribution in [0.1, 0.15) is 0 Å². The number of benzene rings is 1. The van der Waals surface area contributed by atoms with Crippen molar-refractivity contribution in [2.75, 3.05) is 45.2 Å². The summed E-state index contributed by atoms with van der Waals surface area (Å²) in [5.41, 5.74) is 0.954. The van der Waals surface area contributed by atoms with Gasteiger partial charge in [-0.25, -0.2) is 0 Å². The van der Waals surface area contributed by atoms with E-state index in [9.17, 15) is 9.59 Å². The lowest BCUT2D eigenvalue weighted by atomic mass is 10.2. The summed E-state index contributed by atoms with van der Waals surface area (Å²) in [6.45, 7) is 1.93. The molecule has 1 aromatic carbocycles. The predicted molar refractivity (Wildman–Crippen MR) is 98.5 cm³/mol. The van der Waals surface area contributed by atoms with E-state index in [1.807, 2.05) is 48.7 Å². The van der Waals surface area contributed by atoms with Gasteiger partial charge in [0, 0.05) is 41.2 Å². The second kappa shape index (κ2) is 7.15. The SMILES string of the molecule is CN(C)C/C=C/C(=O)N1CCN(c2csc3ccccc23)C(=O)C1. The van der Waals surface area contributed by atoms with E-state index in [1.165, 1.54) is 4.70 Å². The Balaban J connectivity index is 1.68. The third-order valence-corrected chi connectivity index (χ3v) is 4.97. The molecule has 1 aliphatic heterocycles. The second-order valence-electron chi connectivity index (χ2n) is 6.09. The van der Waals surface area contributed by atoms with Crippen LogP contribution in [0.25, 0.3) is 10.1 Å². The van der Waals surface area contributed by atoms with Gasteiger partial charge >= 0.3 is 0 Å². The fourth-order valence-corrected chi connectivity index (χ4v) is 3.71. The number of amides is 2. The van der Waals surface area contributed by atoms with E-state index in [2.05, 4.69) is 6.07 Å². The minimum absolute atomic E-state index is 0.0286. The number of fused-ring (bicyclic) bond motifs is 1. The van der Waals surface area contributed by atoms with Crippen molar-refractivity contribution in [2.45, 2.75) is 0 Å². The van der Waals surface area contributed by atoms with E-state index < -0.39 is 0 Å². The third-order valence-electron chi connectivity index (χ3n) is 4.01. The maximum absolute atomic E-state index is 12.5. The molecule has 5 nitrogen and oxygen atoms in total. The third kappa shape index (κ3) is 3.49. The van der Waals surface area contributed by atoms with Crippen molar-refractivity contribution >= 4 is 38.9 Å². The summed E-state index contributed by atoms with van der Waals surface area (Å²) in [6.07, 6.45) is 3.38. The van der Waals surface area contributed by atoms with Crippen molar-refractivity contribution in [3.05, 3.63) is 41.8 Å². The van der Waals surface area contributed by atoms with Crippen LogP contribution in [0.4, 0.5) is 5.69 Å².